The lowest BCUT2D eigenvalue weighted by Gasteiger charge is -2.16. The third kappa shape index (κ3) is 7.25. The molecule has 0 saturated heterocycles. The van der Waals surface area contributed by atoms with Gasteiger partial charge in [0.2, 0.25) is 5.89 Å². The summed E-state index contributed by atoms with van der Waals surface area (Å²) in [6.45, 7) is 5.40. The van der Waals surface area contributed by atoms with Crippen molar-refractivity contribution in [2.75, 3.05) is 20.2 Å². The van der Waals surface area contributed by atoms with Crippen LogP contribution in [-0.2, 0) is 6.54 Å². The lowest BCUT2D eigenvalue weighted by atomic mass is 10.1. The van der Waals surface area contributed by atoms with Gasteiger partial charge in [0.25, 0.3) is 0 Å². The molecule has 166 valence electrons. The van der Waals surface area contributed by atoms with E-state index in [0.29, 0.717) is 37.2 Å². The van der Waals surface area contributed by atoms with Crippen LogP contribution >= 0.6 is 24.0 Å². The van der Waals surface area contributed by atoms with Crippen LogP contribution in [0.3, 0.4) is 0 Å². The van der Waals surface area contributed by atoms with Crippen molar-refractivity contribution in [3.63, 3.8) is 0 Å². The second kappa shape index (κ2) is 12.3. The van der Waals surface area contributed by atoms with E-state index in [1.54, 1.807) is 13.4 Å². The van der Waals surface area contributed by atoms with Gasteiger partial charge in [-0.2, -0.15) is 0 Å². The maximum absolute atomic E-state index is 10.5. The number of aromatic nitrogens is 1. The first-order valence-electron chi connectivity index (χ1n) is 9.94. The van der Waals surface area contributed by atoms with Crippen molar-refractivity contribution < 1.29 is 14.3 Å². The Balaban J connectivity index is 0.00000341. The minimum Gasteiger partial charge on any atom is -0.497 e. The van der Waals surface area contributed by atoms with E-state index >= 15 is 0 Å². The van der Waals surface area contributed by atoms with Crippen molar-refractivity contribution in [1.82, 2.24) is 15.6 Å². The molecule has 0 amide bonds. The van der Waals surface area contributed by atoms with E-state index in [0.717, 1.165) is 16.8 Å². The smallest absolute Gasteiger partial charge is 0.226 e. The lowest BCUT2D eigenvalue weighted by Crippen LogP contribution is -2.39. The van der Waals surface area contributed by atoms with Gasteiger partial charge in [-0.15, -0.1) is 24.0 Å². The summed E-state index contributed by atoms with van der Waals surface area (Å²) in [5.41, 5.74) is 3.63. The summed E-state index contributed by atoms with van der Waals surface area (Å²) < 4.78 is 10.8. The number of aliphatic hydroxyl groups is 1. The van der Waals surface area contributed by atoms with Crippen LogP contribution in [0.15, 0.2) is 64.2 Å². The van der Waals surface area contributed by atoms with Gasteiger partial charge in [0.15, 0.2) is 5.96 Å². The van der Waals surface area contributed by atoms with Gasteiger partial charge in [-0.25, -0.2) is 9.98 Å². The maximum atomic E-state index is 10.5. The molecule has 0 spiro atoms. The Labute approximate surface area is 200 Å². The number of rotatable bonds is 8. The molecule has 7 nitrogen and oxygen atoms in total. The van der Waals surface area contributed by atoms with Gasteiger partial charge in [0, 0.05) is 18.7 Å². The number of benzene rings is 2. The first-order chi connectivity index (χ1) is 14.6. The highest BCUT2D eigenvalue weighted by Gasteiger charge is 2.10. The Morgan fingerprint density at radius 2 is 1.97 bits per heavy atom. The van der Waals surface area contributed by atoms with Crippen LogP contribution in [0.2, 0.25) is 0 Å². The molecule has 2 aromatic carbocycles. The van der Waals surface area contributed by atoms with E-state index in [4.69, 9.17) is 9.15 Å². The third-order valence-electron chi connectivity index (χ3n) is 4.54. The molecule has 0 aliphatic heterocycles. The van der Waals surface area contributed by atoms with E-state index in [1.165, 1.54) is 5.56 Å². The van der Waals surface area contributed by atoms with Gasteiger partial charge >= 0.3 is 0 Å². The Morgan fingerprint density at radius 3 is 2.68 bits per heavy atom. The highest BCUT2D eigenvalue weighted by Crippen LogP contribution is 2.20. The second-order valence-corrected chi connectivity index (χ2v) is 6.88. The number of aryl methyl sites for hydroxylation is 1. The zero-order valence-electron chi connectivity index (χ0n) is 18.0. The van der Waals surface area contributed by atoms with Crippen molar-refractivity contribution >= 4 is 29.9 Å². The highest BCUT2D eigenvalue weighted by molar-refractivity contribution is 14.0. The Bertz CT molecular complexity index is 973. The topological polar surface area (TPSA) is 91.9 Å². The largest absolute Gasteiger partial charge is 0.497 e. The normalized spacial score (nSPS) is 12.1. The van der Waals surface area contributed by atoms with E-state index in [9.17, 15) is 5.11 Å². The Hall–Kier alpha value is -2.59. The molecule has 0 bridgehead atoms. The molecule has 1 heterocycles. The van der Waals surface area contributed by atoms with Crippen LogP contribution in [-0.4, -0.2) is 36.2 Å². The van der Waals surface area contributed by atoms with E-state index < -0.39 is 6.10 Å². The number of ether oxygens (including phenoxy) is 1. The average Bonchev–Trinajstić information content (AvgIpc) is 3.25. The van der Waals surface area contributed by atoms with Crippen molar-refractivity contribution in [3.8, 4) is 17.2 Å². The molecule has 0 aliphatic carbocycles. The molecule has 1 unspecified atom stereocenters. The van der Waals surface area contributed by atoms with Crippen molar-refractivity contribution in [2.45, 2.75) is 26.5 Å². The summed E-state index contributed by atoms with van der Waals surface area (Å²) in [4.78, 5) is 9.05. The van der Waals surface area contributed by atoms with Crippen molar-refractivity contribution in [2.24, 2.45) is 4.99 Å². The second-order valence-electron chi connectivity index (χ2n) is 6.88. The molecule has 3 rings (SSSR count). The predicted octanol–water partition coefficient (Wildman–Crippen LogP) is 4.07. The molecule has 0 saturated carbocycles. The predicted molar refractivity (Wildman–Crippen MR) is 133 cm³/mol. The molecule has 8 heteroatoms. The monoisotopic (exact) mass is 536 g/mol. The van der Waals surface area contributed by atoms with E-state index in [-0.39, 0.29) is 24.0 Å². The number of hydrogen-bond acceptors (Lipinski definition) is 5. The first kappa shape index (κ1) is 24.7. The van der Waals surface area contributed by atoms with Crippen LogP contribution in [0.5, 0.6) is 5.75 Å². The number of nitrogens with one attached hydrogen (secondary N) is 2. The quantitative estimate of drug-likeness (QED) is 0.229. The fourth-order valence-corrected chi connectivity index (χ4v) is 2.87. The van der Waals surface area contributed by atoms with Crippen LogP contribution in [0.4, 0.5) is 0 Å². The van der Waals surface area contributed by atoms with Crippen LogP contribution < -0.4 is 15.4 Å². The van der Waals surface area contributed by atoms with E-state index in [1.807, 2.05) is 62.4 Å². The minimum absolute atomic E-state index is 0. The Morgan fingerprint density at radius 1 is 1.19 bits per heavy atom. The van der Waals surface area contributed by atoms with Crippen molar-refractivity contribution in [3.05, 3.63) is 71.6 Å². The first-order valence-corrected chi connectivity index (χ1v) is 9.94. The standard InChI is InChI=1S/C23H28N4O3.HI/c1-4-24-23(26-14-21(28)18-6-5-7-20(12-18)29-3)25-13-19-15-30-22(27-19)17-10-8-16(2)9-11-17;/h5-12,15,21,28H,4,13-14H2,1-3H3,(H2,24,25,26);1H. The number of guanidine groups is 1. The number of methoxy groups -OCH3 is 1. The molecule has 3 aromatic rings. The number of oxazole rings is 1. The number of halogens is 1. The number of hydrogen-bond donors (Lipinski definition) is 3. The van der Waals surface area contributed by atoms with Gasteiger partial charge in [-0.3, -0.25) is 0 Å². The minimum atomic E-state index is -0.691. The molecule has 0 radical (unpaired) electrons. The third-order valence-corrected chi connectivity index (χ3v) is 4.54. The van der Waals surface area contributed by atoms with Crippen LogP contribution in [0.1, 0.15) is 29.8 Å². The fraction of sp³-hybridized carbons (Fsp3) is 0.304. The van der Waals surface area contributed by atoms with Crippen molar-refractivity contribution in [1.29, 1.82) is 0 Å². The van der Waals surface area contributed by atoms with Gasteiger partial charge in [-0.05, 0) is 43.7 Å². The Kier molecular flexibility index (Phi) is 9.80. The highest BCUT2D eigenvalue weighted by atomic mass is 127. The summed E-state index contributed by atoms with van der Waals surface area (Å²) in [5, 5.41) is 16.8. The summed E-state index contributed by atoms with van der Waals surface area (Å²) in [6.07, 6.45) is 0.928. The molecule has 0 aliphatic rings. The molecule has 0 fully saturated rings. The SMILES string of the molecule is CCNC(=NCc1coc(-c2ccc(C)cc2)n1)NCC(O)c1cccc(OC)c1.I. The number of aliphatic imine (C=N–C) groups is 1. The van der Waals surface area contributed by atoms with E-state index in [2.05, 4.69) is 20.6 Å². The zero-order valence-corrected chi connectivity index (χ0v) is 20.3. The van der Waals surface area contributed by atoms with Crippen LogP contribution in [0.25, 0.3) is 11.5 Å². The zero-order chi connectivity index (χ0) is 21.3. The summed E-state index contributed by atoms with van der Waals surface area (Å²) in [5.74, 6) is 1.88. The molecular formula is C23H29IN4O3. The maximum Gasteiger partial charge on any atom is 0.226 e. The molecule has 1 aromatic heterocycles. The van der Waals surface area contributed by atoms with Gasteiger partial charge < -0.3 is 24.9 Å². The fourth-order valence-electron chi connectivity index (χ4n) is 2.87. The molecule has 31 heavy (non-hydrogen) atoms. The summed E-state index contributed by atoms with van der Waals surface area (Å²) >= 11 is 0. The lowest BCUT2D eigenvalue weighted by molar-refractivity contribution is 0.180. The number of aliphatic hydroxyl groups excluding tert-OH is 1. The number of nitrogens with zero attached hydrogens (tertiary/aromatic N) is 2. The van der Waals surface area contributed by atoms with Gasteiger partial charge in [0.05, 0.1) is 19.8 Å². The van der Waals surface area contributed by atoms with Crippen LogP contribution in [0, 0.1) is 6.92 Å². The summed E-state index contributed by atoms with van der Waals surface area (Å²) in [7, 11) is 1.60. The average molecular weight is 536 g/mol. The van der Waals surface area contributed by atoms with Gasteiger partial charge in [0.1, 0.15) is 17.7 Å². The molecular weight excluding hydrogens is 507 g/mol. The van der Waals surface area contributed by atoms with Gasteiger partial charge in [-0.1, -0.05) is 29.8 Å². The molecule has 3 N–H and O–H groups in total. The molecule has 1 atom stereocenters. The summed E-state index contributed by atoms with van der Waals surface area (Å²) in [6, 6.07) is 15.4.